The highest BCUT2D eigenvalue weighted by molar-refractivity contribution is 6.33. The van der Waals surface area contributed by atoms with Gasteiger partial charge in [0, 0.05) is 6.07 Å². The lowest BCUT2D eigenvalue weighted by atomic mass is 10.2. The van der Waals surface area contributed by atoms with Gasteiger partial charge in [0.2, 0.25) is 0 Å². The summed E-state index contributed by atoms with van der Waals surface area (Å²) in [4.78, 5) is 0. The Kier molecular flexibility index (Phi) is 3.88. The topological polar surface area (TPSA) is 45.0 Å². The highest BCUT2D eigenvalue weighted by Gasteiger charge is 2.07. The molecule has 96 valence electrons. The van der Waals surface area contributed by atoms with Crippen LogP contribution in [0.25, 0.3) is 0 Å². The number of ether oxygens (including phenoxy) is 1. The van der Waals surface area contributed by atoms with Crippen molar-refractivity contribution in [3.8, 4) is 11.8 Å². The van der Waals surface area contributed by atoms with Gasteiger partial charge in [0.15, 0.2) is 0 Å². The molecule has 0 saturated heterocycles. The molecule has 0 fully saturated rings. The first kappa shape index (κ1) is 13.2. The molecule has 1 N–H and O–H groups in total. The Hall–Kier alpha value is -2.25. The molecule has 3 nitrogen and oxygen atoms in total. The molecule has 0 radical (unpaired) electrons. The van der Waals surface area contributed by atoms with Gasteiger partial charge in [-0.3, -0.25) is 0 Å². The molecule has 0 spiro atoms. The van der Waals surface area contributed by atoms with Gasteiger partial charge < -0.3 is 10.1 Å². The maximum Gasteiger partial charge on any atom is 0.147 e. The third-order valence-corrected chi connectivity index (χ3v) is 2.87. The lowest BCUT2D eigenvalue weighted by Gasteiger charge is -2.11. The third kappa shape index (κ3) is 2.95. The van der Waals surface area contributed by atoms with Crippen LogP contribution >= 0.6 is 11.6 Å². The fourth-order valence-electron chi connectivity index (χ4n) is 1.56. The van der Waals surface area contributed by atoms with E-state index in [1.165, 1.54) is 19.2 Å². The van der Waals surface area contributed by atoms with Crippen LogP contribution < -0.4 is 10.1 Å². The van der Waals surface area contributed by atoms with Crippen LogP contribution in [0.15, 0.2) is 36.4 Å². The second-order valence-electron chi connectivity index (χ2n) is 3.78. The fourth-order valence-corrected chi connectivity index (χ4v) is 1.72. The molecule has 0 aliphatic heterocycles. The Morgan fingerprint density at radius 1 is 1.21 bits per heavy atom. The predicted octanol–water partition coefficient (Wildman–Crippen LogP) is 4.10. The number of methoxy groups -OCH3 is 1. The molecule has 5 heteroatoms. The molecule has 19 heavy (non-hydrogen) atoms. The minimum absolute atomic E-state index is 0.245. The van der Waals surface area contributed by atoms with E-state index in [0.29, 0.717) is 16.5 Å². The number of hydrogen-bond acceptors (Lipinski definition) is 3. The van der Waals surface area contributed by atoms with E-state index in [2.05, 4.69) is 5.32 Å². The average molecular weight is 277 g/mol. The Balaban J connectivity index is 2.33. The van der Waals surface area contributed by atoms with Gasteiger partial charge in [0.1, 0.15) is 11.6 Å². The van der Waals surface area contributed by atoms with Crippen LogP contribution in [0.4, 0.5) is 15.8 Å². The predicted molar refractivity (Wildman–Crippen MR) is 72.4 cm³/mol. The average Bonchev–Trinajstić information content (AvgIpc) is 2.43. The summed E-state index contributed by atoms with van der Waals surface area (Å²) >= 11 is 6.02. The van der Waals surface area contributed by atoms with E-state index >= 15 is 0 Å². The first-order valence-electron chi connectivity index (χ1n) is 5.44. The van der Waals surface area contributed by atoms with Crippen molar-refractivity contribution in [2.45, 2.75) is 0 Å². The molecule has 0 heterocycles. The Labute approximate surface area is 115 Å². The van der Waals surface area contributed by atoms with Gasteiger partial charge in [-0.1, -0.05) is 11.6 Å². The molecule has 0 saturated carbocycles. The quantitative estimate of drug-likeness (QED) is 0.918. The zero-order valence-corrected chi connectivity index (χ0v) is 10.8. The fraction of sp³-hybridized carbons (Fsp3) is 0.0714. The van der Waals surface area contributed by atoms with Crippen molar-refractivity contribution >= 4 is 23.0 Å². The summed E-state index contributed by atoms with van der Waals surface area (Å²) in [7, 11) is 1.54. The maximum absolute atomic E-state index is 13.7. The summed E-state index contributed by atoms with van der Waals surface area (Å²) in [6, 6.07) is 11.1. The molecule has 0 aliphatic carbocycles. The molecule has 0 bridgehead atoms. The van der Waals surface area contributed by atoms with E-state index in [1.54, 1.807) is 18.2 Å². The SMILES string of the molecule is COc1ccc(Cl)c(Nc2ccc(C#N)cc2F)c1. The van der Waals surface area contributed by atoms with Crippen LogP contribution in [0, 0.1) is 17.1 Å². The molecular weight excluding hydrogens is 267 g/mol. The molecule has 0 unspecified atom stereocenters. The van der Waals surface area contributed by atoms with Crippen LogP contribution in [-0.2, 0) is 0 Å². The first-order chi connectivity index (χ1) is 9.13. The van der Waals surface area contributed by atoms with Crippen molar-refractivity contribution < 1.29 is 9.13 Å². The van der Waals surface area contributed by atoms with Crippen LogP contribution in [0.5, 0.6) is 5.75 Å². The zero-order valence-electron chi connectivity index (χ0n) is 10.1. The summed E-state index contributed by atoms with van der Waals surface area (Å²) < 4.78 is 18.8. The molecule has 0 amide bonds. The summed E-state index contributed by atoms with van der Waals surface area (Å²) in [6.45, 7) is 0. The normalized spacial score (nSPS) is 9.79. The second-order valence-corrected chi connectivity index (χ2v) is 4.18. The van der Waals surface area contributed by atoms with E-state index in [9.17, 15) is 4.39 Å². The lowest BCUT2D eigenvalue weighted by molar-refractivity contribution is 0.415. The van der Waals surface area contributed by atoms with Gasteiger partial charge in [-0.25, -0.2) is 4.39 Å². The van der Waals surface area contributed by atoms with E-state index in [-0.39, 0.29) is 11.3 Å². The number of benzene rings is 2. The number of hydrogen-bond donors (Lipinski definition) is 1. The van der Waals surface area contributed by atoms with Crippen LogP contribution in [0.1, 0.15) is 5.56 Å². The van der Waals surface area contributed by atoms with E-state index < -0.39 is 5.82 Å². The Bertz CT molecular complexity index is 652. The smallest absolute Gasteiger partial charge is 0.147 e. The first-order valence-corrected chi connectivity index (χ1v) is 5.82. The molecule has 0 aliphatic rings. The number of anilines is 2. The molecule has 2 rings (SSSR count). The molecule has 2 aromatic rings. The van der Waals surface area contributed by atoms with Gasteiger partial charge >= 0.3 is 0 Å². The zero-order chi connectivity index (χ0) is 13.8. The molecule has 2 aromatic carbocycles. The second kappa shape index (κ2) is 5.59. The van der Waals surface area contributed by atoms with Gasteiger partial charge in [-0.05, 0) is 30.3 Å². The summed E-state index contributed by atoms with van der Waals surface area (Å²) in [6.07, 6.45) is 0. The maximum atomic E-state index is 13.7. The molecule has 0 atom stereocenters. The van der Waals surface area contributed by atoms with Crippen molar-refractivity contribution in [2.75, 3.05) is 12.4 Å². The van der Waals surface area contributed by atoms with Crippen LogP contribution in [-0.4, -0.2) is 7.11 Å². The van der Waals surface area contributed by atoms with Gasteiger partial charge in [-0.15, -0.1) is 0 Å². The summed E-state index contributed by atoms with van der Waals surface area (Å²) in [5.74, 6) is 0.0962. The van der Waals surface area contributed by atoms with Crippen molar-refractivity contribution in [2.24, 2.45) is 0 Å². The monoisotopic (exact) mass is 276 g/mol. The number of nitrogens with zero attached hydrogens (tertiary/aromatic N) is 1. The van der Waals surface area contributed by atoms with Gasteiger partial charge in [-0.2, -0.15) is 5.26 Å². The number of nitrogens with one attached hydrogen (secondary N) is 1. The highest BCUT2D eigenvalue weighted by Crippen LogP contribution is 2.30. The van der Waals surface area contributed by atoms with E-state index in [4.69, 9.17) is 21.6 Å². The summed E-state index contributed by atoms with van der Waals surface area (Å²) in [5, 5.41) is 12.0. The van der Waals surface area contributed by atoms with Crippen molar-refractivity contribution in [3.05, 3.63) is 52.8 Å². The largest absolute Gasteiger partial charge is 0.497 e. The molecular formula is C14H10ClFN2O. The lowest BCUT2D eigenvalue weighted by Crippen LogP contribution is -1.96. The van der Waals surface area contributed by atoms with Gasteiger partial charge in [0.25, 0.3) is 0 Å². The molecule has 0 aromatic heterocycles. The highest BCUT2D eigenvalue weighted by atomic mass is 35.5. The minimum atomic E-state index is -0.516. The number of rotatable bonds is 3. The third-order valence-electron chi connectivity index (χ3n) is 2.54. The van der Waals surface area contributed by atoms with Gasteiger partial charge in [0.05, 0.1) is 35.1 Å². The van der Waals surface area contributed by atoms with E-state index in [1.807, 2.05) is 6.07 Å². The minimum Gasteiger partial charge on any atom is -0.497 e. The van der Waals surface area contributed by atoms with E-state index in [0.717, 1.165) is 6.07 Å². The number of nitriles is 1. The van der Waals surface area contributed by atoms with Crippen LogP contribution in [0.2, 0.25) is 5.02 Å². The van der Waals surface area contributed by atoms with Crippen molar-refractivity contribution in [1.82, 2.24) is 0 Å². The Morgan fingerprint density at radius 3 is 2.63 bits per heavy atom. The summed E-state index contributed by atoms with van der Waals surface area (Å²) in [5.41, 5.74) is 1.04. The van der Waals surface area contributed by atoms with Crippen molar-refractivity contribution in [3.63, 3.8) is 0 Å². The number of halogens is 2. The standard InChI is InChI=1S/C14H10ClFN2O/c1-19-10-3-4-11(15)14(7-10)18-13-5-2-9(8-17)6-12(13)16/h2-7,18H,1H3. The Morgan fingerprint density at radius 2 is 2.00 bits per heavy atom. The van der Waals surface area contributed by atoms with Crippen molar-refractivity contribution in [1.29, 1.82) is 5.26 Å². The van der Waals surface area contributed by atoms with Crippen LogP contribution in [0.3, 0.4) is 0 Å².